The van der Waals surface area contributed by atoms with E-state index >= 15 is 0 Å². The first-order chi connectivity index (χ1) is 9.97. The Morgan fingerprint density at radius 3 is 2.71 bits per heavy atom. The number of nitrogen functional groups attached to an aromatic ring is 1. The van der Waals surface area contributed by atoms with Gasteiger partial charge in [-0.1, -0.05) is 17.7 Å². The summed E-state index contributed by atoms with van der Waals surface area (Å²) < 4.78 is 13.0. The summed E-state index contributed by atoms with van der Waals surface area (Å²) in [6.07, 6.45) is 0.629. The molecule has 0 saturated carbocycles. The molecule has 1 amide bonds. The van der Waals surface area contributed by atoms with Crippen LogP contribution >= 0.6 is 11.6 Å². The van der Waals surface area contributed by atoms with Gasteiger partial charge in [0.05, 0.1) is 10.6 Å². The monoisotopic (exact) mass is 306 g/mol. The number of anilines is 1. The van der Waals surface area contributed by atoms with Gasteiger partial charge in [0.15, 0.2) is 0 Å². The summed E-state index contributed by atoms with van der Waals surface area (Å²) in [4.78, 5) is 12.0. The lowest BCUT2D eigenvalue weighted by molar-refractivity contribution is 0.0954. The van der Waals surface area contributed by atoms with Crippen molar-refractivity contribution in [1.82, 2.24) is 5.32 Å². The number of amides is 1. The number of benzene rings is 2. The predicted molar refractivity (Wildman–Crippen MR) is 83.0 cm³/mol. The number of nitrogens with two attached hydrogens (primary N) is 1. The highest BCUT2D eigenvalue weighted by Crippen LogP contribution is 2.19. The molecule has 3 N–H and O–H groups in total. The van der Waals surface area contributed by atoms with Crippen LogP contribution in [0.15, 0.2) is 36.4 Å². The summed E-state index contributed by atoms with van der Waals surface area (Å²) in [5, 5.41) is 3.12. The van der Waals surface area contributed by atoms with Crippen molar-refractivity contribution < 1.29 is 9.18 Å². The van der Waals surface area contributed by atoms with Crippen LogP contribution in [-0.4, -0.2) is 12.5 Å². The van der Waals surface area contributed by atoms with Gasteiger partial charge in [-0.25, -0.2) is 4.39 Å². The molecule has 0 heterocycles. The van der Waals surface area contributed by atoms with E-state index in [-0.39, 0.29) is 11.7 Å². The molecular weight excluding hydrogens is 291 g/mol. The molecule has 0 radical (unpaired) electrons. The SMILES string of the molecule is Cc1cc(F)ccc1CCNC(=O)c1ccc(N)cc1Cl. The van der Waals surface area contributed by atoms with Gasteiger partial charge in [0.25, 0.3) is 5.91 Å². The highest BCUT2D eigenvalue weighted by atomic mass is 35.5. The zero-order valence-electron chi connectivity index (χ0n) is 11.6. The quantitative estimate of drug-likeness (QED) is 0.851. The maximum absolute atomic E-state index is 13.0. The van der Waals surface area contributed by atoms with Crippen LogP contribution in [-0.2, 0) is 6.42 Å². The van der Waals surface area contributed by atoms with E-state index in [1.807, 2.05) is 6.92 Å². The molecule has 0 unspecified atom stereocenters. The molecule has 21 heavy (non-hydrogen) atoms. The minimum absolute atomic E-state index is 0.250. The lowest BCUT2D eigenvalue weighted by Crippen LogP contribution is -2.26. The molecule has 5 heteroatoms. The molecule has 110 valence electrons. The highest BCUT2D eigenvalue weighted by Gasteiger charge is 2.10. The second-order valence-corrected chi connectivity index (χ2v) is 5.22. The fraction of sp³-hybridized carbons (Fsp3) is 0.188. The Hall–Kier alpha value is -2.07. The van der Waals surface area contributed by atoms with Crippen molar-refractivity contribution in [3.05, 3.63) is 63.9 Å². The molecule has 0 fully saturated rings. The van der Waals surface area contributed by atoms with Gasteiger partial charge in [0.1, 0.15) is 5.82 Å². The second-order valence-electron chi connectivity index (χ2n) is 4.82. The van der Waals surface area contributed by atoms with E-state index < -0.39 is 0 Å². The molecule has 0 aromatic heterocycles. The highest BCUT2D eigenvalue weighted by molar-refractivity contribution is 6.34. The van der Waals surface area contributed by atoms with Gasteiger partial charge in [-0.2, -0.15) is 0 Å². The van der Waals surface area contributed by atoms with E-state index in [1.54, 1.807) is 24.3 Å². The van der Waals surface area contributed by atoms with Crippen LogP contribution in [0.25, 0.3) is 0 Å². The summed E-state index contributed by atoms with van der Waals surface area (Å²) in [6.45, 7) is 2.29. The standard InChI is InChI=1S/C16H16ClFN2O/c1-10-8-12(18)3-2-11(10)6-7-20-16(21)14-5-4-13(19)9-15(14)17/h2-5,8-9H,6-7,19H2,1H3,(H,20,21). The molecule has 0 aliphatic rings. The van der Waals surface area contributed by atoms with Crippen molar-refractivity contribution in [1.29, 1.82) is 0 Å². The molecule has 3 nitrogen and oxygen atoms in total. The molecule has 2 aromatic carbocycles. The molecule has 2 aromatic rings. The van der Waals surface area contributed by atoms with Crippen LogP contribution < -0.4 is 11.1 Å². The van der Waals surface area contributed by atoms with Gasteiger partial charge in [-0.3, -0.25) is 4.79 Å². The van der Waals surface area contributed by atoms with E-state index in [9.17, 15) is 9.18 Å². The number of hydrogen-bond acceptors (Lipinski definition) is 2. The van der Waals surface area contributed by atoms with E-state index in [2.05, 4.69) is 5.32 Å². The first-order valence-corrected chi connectivity index (χ1v) is 6.93. The van der Waals surface area contributed by atoms with Crippen LogP contribution in [0.4, 0.5) is 10.1 Å². The first-order valence-electron chi connectivity index (χ1n) is 6.55. The molecule has 0 aliphatic heterocycles. The minimum Gasteiger partial charge on any atom is -0.399 e. The molecule has 0 bridgehead atoms. The van der Waals surface area contributed by atoms with Gasteiger partial charge < -0.3 is 11.1 Å². The van der Waals surface area contributed by atoms with Crippen LogP contribution in [0.2, 0.25) is 5.02 Å². The van der Waals surface area contributed by atoms with Crippen LogP contribution in [0, 0.1) is 12.7 Å². The second kappa shape index (κ2) is 6.59. The summed E-state index contributed by atoms with van der Waals surface area (Å²) in [7, 11) is 0. The molecule has 0 saturated heterocycles. The number of halogens is 2. The topological polar surface area (TPSA) is 55.1 Å². The smallest absolute Gasteiger partial charge is 0.252 e. The van der Waals surface area contributed by atoms with Crippen LogP contribution in [0.5, 0.6) is 0 Å². The third-order valence-corrected chi connectivity index (χ3v) is 3.54. The van der Waals surface area contributed by atoms with Gasteiger partial charge in [-0.15, -0.1) is 0 Å². The summed E-state index contributed by atoms with van der Waals surface area (Å²) in [5.41, 5.74) is 8.36. The third-order valence-electron chi connectivity index (χ3n) is 3.22. The number of carbonyl (C=O) groups excluding carboxylic acids is 1. The van der Waals surface area contributed by atoms with Crippen molar-refractivity contribution in [2.45, 2.75) is 13.3 Å². The zero-order valence-corrected chi connectivity index (χ0v) is 12.4. The summed E-state index contributed by atoms with van der Waals surface area (Å²) >= 11 is 5.98. The zero-order chi connectivity index (χ0) is 15.4. The number of carbonyl (C=O) groups is 1. The van der Waals surface area contributed by atoms with Gasteiger partial charge in [0, 0.05) is 12.2 Å². The largest absolute Gasteiger partial charge is 0.399 e. The van der Waals surface area contributed by atoms with E-state index in [0.717, 1.165) is 11.1 Å². The predicted octanol–water partition coefficient (Wildman–Crippen LogP) is 3.34. The van der Waals surface area contributed by atoms with Crippen LogP contribution in [0.3, 0.4) is 0 Å². The fourth-order valence-electron chi connectivity index (χ4n) is 2.06. The normalized spacial score (nSPS) is 10.4. The van der Waals surface area contributed by atoms with Crippen molar-refractivity contribution in [3.63, 3.8) is 0 Å². The Balaban J connectivity index is 1.95. The average molecular weight is 307 g/mol. The van der Waals surface area contributed by atoms with Gasteiger partial charge >= 0.3 is 0 Å². The van der Waals surface area contributed by atoms with Crippen LogP contribution in [0.1, 0.15) is 21.5 Å². The van der Waals surface area contributed by atoms with Gasteiger partial charge in [-0.05, 0) is 54.8 Å². The van der Waals surface area contributed by atoms with Crippen molar-refractivity contribution in [2.24, 2.45) is 0 Å². The fourth-order valence-corrected chi connectivity index (χ4v) is 2.34. The van der Waals surface area contributed by atoms with E-state index in [4.69, 9.17) is 17.3 Å². The molecule has 0 aliphatic carbocycles. The maximum Gasteiger partial charge on any atom is 0.252 e. The first kappa shape index (κ1) is 15.3. The lowest BCUT2D eigenvalue weighted by atomic mass is 10.1. The Bertz CT molecular complexity index is 673. The maximum atomic E-state index is 13.0. The summed E-state index contributed by atoms with van der Waals surface area (Å²) in [5.74, 6) is -0.506. The molecular formula is C16H16ClFN2O. The number of hydrogen-bond donors (Lipinski definition) is 2. The Morgan fingerprint density at radius 2 is 2.05 bits per heavy atom. The van der Waals surface area contributed by atoms with Crippen molar-refractivity contribution >= 4 is 23.2 Å². The number of nitrogens with one attached hydrogen (secondary N) is 1. The van der Waals surface area contributed by atoms with Gasteiger partial charge in [0.2, 0.25) is 0 Å². The molecule has 2 rings (SSSR count). The Kier molecular flexibility index (Phi) is 4.81. The lowest BCUT2D eigenvalue weighted by Gasteiger charge is -2.09. The van der Waals surface area contributed by atoms with Crippen molar-refractivity contribution in [2.75, 3.05) is 12.3 Å². The Morgan fingerprint density at radius 1 is 1.29 bits per heavy atom. The third kappa shape index (κ3) is 3.95. The molecule has 0 spiro atoms. The van der Waals surface area contributed by atoms with E-state index in [0.29, 0.717) is 29.2 Å². The number of rotatable bonds is 4. The summed E-state index contributed by atoms with van der Waals surface area (Å²) in [6, 6.07) is 9.39. The van der Waals surface area contributed by atoms with Crippen molar-refractivity contribution in [3.8, 4) is 0 Å². The minimum atomic E-state index is -0.256. The Labute approximate surface area is 127 Å². The molecule has 0 atom stereocenters. The average Bonchev–Trinajstić information content (AvgIpc) is 2.41. The number of aryl methyl sites for hydroxylation is 1. The van der Waals surface area contributed by atoms with E-state index in [1.165, 1.54) is 12.1 Å².